The molecule has 1 aromatic rings. The third-order valence-electron chi connectivity index (χ3n) is 3.07. The van der Waals surface area contributed by atoms with E-state index in [2.05, 4.69) is 25.2 Å². The second-order valence-corrected chi connectivity index (χ2v) is 5.77. The van der Waals surface area contributed by atoms with E-state index in [4.69, 9.17) is 12.2 Å². The monoisotopic (exact) mass is 274 g/mol. The Hall–Kier alpha value is -1.68. The Kier molecular flexibility index (Phi) is 3.45. The van der Waals surface area contributed by atoms with Crippen molar-refractivity contribution in [1.29, 1.82) is 0 Å². The highest BCUT2D eigenvalue weighted by atomic mass is 32.1. The van der Waals surface area contributed by atoms with Crippen molar-refractivity contribution < 1.29 is 4.79 Å². The zero-order chi connectivity index (χ0) is 14.2. The molecule has 0 unspecified atom stereocenters. The van der Waals surface area contributed by atoms with Crippen LogP contribution < -0.4 is 10.2 Å². The van der Waals surface area contributed by atoms with Crippen LogP contribution in [0, 0.1) is 0 Å². The molecule has 19 heavy (non-hydrogen) atoms. The van der Waals surface area contributed by atoms with Crippen molar-refractivity contribution >= 4 is 28.8 Å². The molecule has 0 saturated heterocycles. The summed E-state index contributed by atoms with van der Waals surface area (Å²) in [6.45, 7) is 7.74. The number of carbonyl (C=O) groups excluding carboxylic acids is 1. The summed E-state index contributed by atoms with van der Waals surface area (Å²) in [4.78, 5) is 13.4. The number of nitrogens with one attached hydrogen (secondary N) is 1. The van der Waals surface area contributed by atoms with E-state index in [9.17, 15) is 4.79 Å². The summed E-state index contributed by atoms with van der Waals surface area (Å²) in [7, 11) is 0. The molecule has 0 amide bonds. The third kappa shape index (κ3) is 2.84. The van der Waals surface area contributed by atoms with Crippen LogP contribution >= 0.6 is 12.2 Å². The Morgan fingerprint density at radius 1 is 1.37 bits per heavy atom. The molecule has 0 bridgehead atoms. The van der Waals surface area contributed by atoms with E-state index in [1.807, 2.05) is 36.1 Å². The van der Waals surface area contributed by atoms with Crippen molar-refractivity contribution in [3.63, 3.8) is 0 Å². The van der Waals surface area contributed by atoms with Crippen LogP contribution in [0.1, 0.15) is 38.1 Å². The molecule has 0 saturated carbocycles. The summed E-state index contributed by atoms with van der Waals surface area (Å²) < 4.78 is 0. The molecule has 3 nitrogen and oxygen atoms in total. The first-order valence-electron chi connectivity index (χ1n) is 6.23. The van der Waals surface area contributed by atoms with Gasteiger partial charge in [0, 0.05) is 16.9 Å². The maximum absolute atomic E-state index is 11.5. The fourth-order valence-electron chi connectivity index (χ4n) is 2.30. The van der Waals surface area contributed by atoms with E-state index in [0.717, 1.165) is 11.4 Å². The van der Waals surface area contributed by atoms with Gasteiger partial charge < -0.3 is 5.32 Å². The van der Waals surface area contributed by atoms with Gasteiger partial charge >= 0.3 is 0 Å². The number of thiocarbonyl (C=S) groups is 1. The first-order valence-corrected chi connectivity index (χ1v) is 6.64. The molecule has 100 valence electrons. The fraction of sp³-hybridized carbons (Fsp3) is 0.333. The lowest BCUT2D eigenvalue weighted by Gasteiger charge is -2.38. The minimum Gasteiger partial charge on any atom is -0.354 e. The smallest absolute Gasteiger partial charge is 0.178 e. The van der Waals surface area contributed by atoms with Crippen LogP contribution in [0.15, 0.2) is 36.0 Å². The lowest BCUT2D eigenvalue weighted by Crippen LogP contribution is -2.53. The summed E-state index contributed by atoms with van der Waals surface area (Å²) >= 11 is 5.43. The van der Waals surface area contributed by atoms with Crippen LogP contribution in [0.25, 0.3) is 0 Å². The second kappa shape index (κ2) is 4.78. The topological polar surface area (TPSA) is 32.3 Å². The van der Waals surface area contributed by atoms with Crippen molar-refractivity contribution in [1.82, 2.24) is 5.32 Å². The second-order valence-electron chi connectivity index (χ2n) is 5.38. The number of nitrogens with zero attached hydrogens (tertiary/aromatic N) is 1. The number of Topliss-reactive ketones (excluding diaryl/α,β-unsaturated/α-hetero) is 1. The van der Waals surface area contributed by atoms with E-state index in [-0.39, 0.29) is 11.3 Å². The molecule has 0 fully saturated rings. The number of benzene rings is 1. The Labute approximate surface area is 119 Å². The molecule has 2 rings (SSSR count). The van der Waals surface area contributed by atoms with Crippen LogP contribution in [0.3, 0.4) is 0 Å². The standard InChI is InChI=1S/C15H18N2OS/c1-10-9-15(3,4)16-14(19)17(10)13-7-5-6-12(8-13)11(2)18/h5-9H,1-4H3,(H,16,19). The van der Waals surface area contributed by atoms with Gasteiger partial charge in [0.1, 0.15) is 0 Å². The summed E-state index contributed by atoms with van der Waals surface area (Å²) in [5, 5.41) is 3.94. The van der Waals surface area contributed by atoms with Gasteiger partial charge in [-0.25, -0.2) is 0 Å². The molecule has 1 aromatic carbocycles. The Bertz CT molecular complexity index is 575. The zero-order valence-electron chi connectivity index (χ0n) is 11.7. The molecule has 1 aliphatic heterocycles. The third-order valence-corrected chi connectivity index (χ3v) is 3.35. The van der Waals surface area contributed by atoms with Gasteiger partial charge in [0.05, 0.1) is 5.54 Å². The predicted molar refractivity (Wildman–Crippen MR) is 82.5 cm³/mol. The van der Waals surface area contributed by atoms with Crippen LogP contribution in [-0.2, 0) is 0 Å². The molecule has 1 aliphatic rings. The summed E-state index contributed by atoms with van der Waals surface area (Å²) in [5.41, 5.74) is 2.53. The lowest BCUT2D eigenvalue weighted by atomic mass is 10.0. The van der Waals surface area contributed by atoms with Gasteiger partial charge in [-0.15, -0.1) is 0 Å². The minimum atomic E-state index is -0.143. The number of ketones is 1. The van der Waals surface area contributed by atoms with E-state index in [1.165, 1.54) is 0 Å². The van der Waals surface area contributed by atoms with Gasteiger partial charge in [-0.05, 0) is 58.1 Å². The molecule has 0 aliphatic carbocycles. The first-order chi connectivity index (χ1) is 8.80. The number of hydrogen-bond acceptors (Lipinski definition) is 2. The maximum atomic E-state index is 11.5. The maximum Gasteiger partial charge on any atom is 0.178 e. The molecule has 0 aromatic heterocycles. The van der Waals surface area contributed by atoms with Gasteiger partial charge in [0.25, 0.3) is 0 Å². The van der Waals surface area contributed by atoms with E-state index >= 15 is 0 Å². The molecule has 0 spiro atoms. The van der Waals surface area contributed by atoms with Crippen molar-refractivity contribution in [2.75, 3.05) is 4.90 Å². The van der Waals surface area contributed by atoms with Crippen molar-refractivity contribution in [3.8, 4) is 0 Å². The molecule has 4 heteroatoms. The van der Waals surface area contributed by atoms with Crippen LogP contribution in [0.5, 0.6) is 0 Å². The SMILES string of the molecule is CC(=O)c1cccc(N2C(=S)NC(C)(C)C=C2C)c1. The van der Waals surface area contributed by atoms with E-state index in [1.54, 1.807) is 6.92 Å². The van der Waals surface area contributed by atoms with Crippen molar-refractivity contribution in [3.05, 3.63) is 41.6 Å². The van der Waals surface area contributed by atoms with Crippen molar-refractivity contribution in [2.45, 2.75) is 33.2 Å². The zero-order valence-corrected chi connectivity index (χ0v) is 12.5. The normalized spacial score (nSPS) is 17.8. The average Bonchev–Trinajstić information content (AvgIpc) is 2.26. The number of carbonyl (C=O) groups is 1. The Balaban J connectivity index is 2.44. The average molecular weight is 274 g/mol. The van der Waals surface area contributed by atoms with Crippen LogP contribution in [-0.4, -0.2) is 16.4 Å². The molecule has 1 heterocycles. The predicted octanol–water partition coefficient (Wildman–Crippen LogP) is 3.27. The number of hydrogen-bond donors (Lipinski definition) is 1. The van der Waals surface area contributed by atoms with E-state index in [0.29, 0.717) is 10.7 Å². The number of rotatable bonds is 2. The summed E-state index contributed by atoms with van der Waals surface area (Å²) in [5.74, 6) is 0.0553. The van der Waals surface area contributed by atoms with E-state index < -0.39 is 0 Å². The van der Waals surface area contributed by atoms with Gasteiger partial charge in [-0.3, -0.25) is 9.69 Å². The van der Waals surface area contributed by atoms with Gasteiger partial charge in [0.15, 0.2) is 10.9 Å². The lowest BCUT2D eigenvalue weighted by molar-refractivity contribution is 0.101. The summed E-state index contributed by atoms with van der Waals surface area (Å²) in [6.07, 6.45) is 2.13. The molecular formula is C15H18N2OS. The molecule has 0 atom stereocenters. The number of anilines is 1. The Morgan fingerprint density at radius 2 is 2.05 bits per heavy atom. The highest BCUT2D eigenvalue weighted by Crippen LogP contribution is 2.26. The number of allylic oxidation sites excluding steroid dienone is 1. The van der Waals surface area contributed by atoms with Gasteiger partial charge in [-0.2, -0.15) is 0 Å². The first kappa shape index (κ1) is 13.7. The Morgan fingerprint density at radius 3 is 2.63 bits per heavy atom. The van der Waals surface area contributed by atoms with Crippen LogP contribution in [0.4, 0.5) is 5.69 Å². The van der Waals surface area contributed by atoms with Gasteiger partial charge in [0.2, 0.25) is 0 Å². The fourth-order valence-corrected chi connectivity index (χ4v) is 2.81. The van der Waals surface area contributed by atoms with Crippen molar-refractivity contribution in [2.24, 2.45) is 0 Å². The summed E-state index contributed by atoms with van der Waals surface area (Å²) in [6, 6.07) is 7.51. The quantitative estimate of drug-likeness (QED) is 0.662. The highest BCUT2D eigenvalue weighted by Gasteiger charge is 2.27. The van der Waals surface area contributed by atoms with Crippen LogP contribution in [0.2, 0.25) is 0 Å². The van der Waals surface area contributed by atoms with Gasteiger partial charge in [-0.1, -0.05) is 12.1 Å². The molecular weight excluding hydrogens is 256 g/mol. The largest absolute Gasteiger partial charge is 0.354 e. The molecule has 1 N–H and O–H groups in total. The minimum absolute atomic E-state index is 0.0553. The highest BCUT2D eigenvalue weighted by molar-refractivity contribution is 7.80. The molecule has 0 radical (unpaired) electrons.